The fourth-order valence-electron chi connectivity index (χ4n) is 4.25. The molecule has 4 heterocycles. The van der Waals surface area contributed by atoms with Crippen molar-refractivity contribution < 1.29 is 0 Å². The molecule has 0 amide bonds. The molecule has 0 fully saturated rings. The zero-order valence-electron chi connectivity index (χ0n) is 14.5. The maximum absolute atomic E-state index is 12.9. The molecular weight excluding hydrogens is 354 g/mol. The van der Waals surface area contributed by atoms with Gasteiger partial charge in [0, 0.05) is 28.0 Å². The second-order valence-electron chi connectivity index (χ2n) is 6.97. The van der Waals surface area contributed by atoms with Crippen LogP contribution in [-0.4, -0.2) is 14.4 Å². The molecule has 0 saturated heterocycles. The first-order valence-corrected chi connectivity index (χ1v) is 9.92. The summed E-state index contributed by atoms with van der Waals surface area (Å²) in [6.45, 7) is 0. The largest absolute Gasteiger partial charge is 0.284 e. The molecule has 5 aromatic rings. The lowest BCUT2D eigenvalue weighted by Crippen LogP contribution is -2.16. The minimum atomic E-state index is -0.0874. The summed E-state index contributed by atoms with van der Waals surface area (Å²) in [7, 11) is 0. The van der Waals surface area contributed by atoms with Gasteiger partial charge < -0.3 is 0 Å². The second-order valence-corrected chi connectivity index (χ2v) is 8.05. The number of rotatable bonds is 1. The van der Waals surface area contributed by atoms with Crippen molar-refractivity contribution in [2.24, 2.45) is 0 Å². The predicted octanol–water partition coefficient (Wildman–Crippen LogP) is 3.49. The van der Waals surface area contributed by atoms with E-state index in [0.29, 0.717) is 0 Å². The Kier molecular flexibility index (Phi) is 3.05. The Hall–Kier alpha value is -3.05. The van der Waals surface area contributed by atoms with Gasteiger partial charge in [0.2, 0.25) is 0 Å². The van der Waals surface area contributed by atoms with Gasteiger partial charge in [0.15, 0.2) is 5.65 Å². The highest BCUT2D eigenvalue weighted by Crippen LogP contribution is 2.36. The van der Waals surface area contributed by atoms with Crippen molar-refractivity contribution in [2.75, 3.05) is 0 Å². The highest BCUT2D eigenvalue weighted by molar-refractivity contribution is 7.19. The molecular formula is C22H15N3OS. The number of pyridine rings is 1. The van der Waals surface area contributed by atoms with Gasteiger partial charge in [0.05, 0.1) is 10.7 Å². The average Bonchev–Trinajstić information content (AvgIpc) is 3.35. The Morgan fingerprint density at radius 3 is 2.70 bits per heavy atom. The summed E-state index contributed by atoms with van der Waals surface area (Å²) in [5.74, 6) is 0. The minimum absolute atomic E-state index is 0.0874. The summed E-state index contributed by atoms with van der Waals surface area (Å²) < 4.78 is 2.19. The second kappa shape index (κ2) is 5.47. The van der Waals surface area contributed by atoms with Gasteiger partial charge in [0.1, 0.15) is 4.83 Å². The molecule has 0 N–H and O–H groups in total. The van der Waals surface area contributed by atoms with Crippen LogP contribution in [0.1, 0.15) is 22.4 Å². The van der Waals surface area contributed by atoms with Crippen molar-refractivity contribution in [1.82, 2.24) is 14.4 Å². The van der Waals surface area contributed by atoms with Crippen LogP contribution in [0.3, 0.4) is 0 Å². The molecule has 130 valence electrons. The fourth-order valence-corrected chi connectivity index (χ4v) is 5.65. The third kappa shape index (κ3) is 2.06. The van der Waals surface area contributed by atoms with E-state index in [-0.39, 0.29) is 5.56 Å². The van der Waals surface area contributed by atoms with Crippen molar-refractivity contribution in [3.05, 3.63) is 80.5 Å². The molecule has 1 aromatic carbocycles. The molecule has 0 atom stereocenters. The number of thiophene rings is 1. The van der Waals surface area contributed by atoms with Crippen LogP contribution in [0.15, 0.2) is 53.6 Å². The molecule has 0 saturated carbocycles. The predicted molar refractivity (Wildman–Crippen MR) is 109 cm³/mol. The van der Waals surface area contributed by atoms with Crippen molar-refractivity contribution in [1.29, 1.82) is 0 Å². The van der Waals surface area contributed by atoms with E-state index >= 15 is 0 Å². The first-order chi connectivity index (χ1) is 13.3. The Morgan fingerprint density at radius 2 is 1.85 bits per heavy atom. The van der Waals surface area contributed by atoms with Crippen LogP contribution < -0.4 is 10.9 Å². The molecule has 0 aliphatic heterocycles. The van der Waals surface area contributed by atoms with Crippen LogP contribution in [0.4, 0.5) is 0 Å². The van der Waals surface area contributed by atoms with Crippen molar-refractivity contribution in [3.63, 3.8) is 0 Å². The topological polar surface area (TPSA) is 47.3 Å². The van der Waals surface area contributed by atoms with Gasteiger partial charge in [-0.05, 0) is 48.6 Å². The van der Waals surface area contributed by atoms with Crippen molar-refractivity contribution in [3.8, 4) is 0 Å². The molecule has 0 radical (unpaired) electrons. The number of aryl methyl sites for hydroxylation is 2. The van der Waals surface area contributed by atoms with Gasteiger partial charge in [-0.25, -0.2) is 0 Å². The summed E-state index contributed by atoms with van der Waals surface area (Å²) in [4.78, 5) is 23.9. The molecule has 6 rings (SSSR count). The SMILES string of the molecule is O=c1nc2c3ccccc3c(=Cc3ccncc3)n2c2sc3c(c12)CCC3. The van der Waals surface area contributed by atoms with E-state index in [0.717, 1.165) is 56.8 Å². The molecule has 1 aliphatic carbocycles. The first-order valence-electron chi connectivity index (χ1n) is 9.10. The zero-order chi connectivity index (χ0) is 18.0. The monoisotopic (exact) mass is 369 g/mol. The third-order valence-electron chi connectivity index (χ3n) is 5.43. The Bertz CT molecular complexity index is 1460. The van der Waals surface area contributed by atoms with Crippen molar-refractivity contribution >= 4 is 44.0 Å². The summed E-state index contributed by atoms with van der Waals surface area (Å²) in [5, 5.41) is 4.03. The maximum atomic E-state index is 12.9. The number of aromatic nitrogens is 3. The molecule has 0 spiro atoms. The highest BCUT2D eigenvalue weighted by atomic mass is 32.1. The third-order valence-corrected chi connectivity index (χ3v) is 6.71. The van der Waals surface area contributed by atoms with Crippen LogP contribution in [0.25, 0.3) is 32.7 Å². The van der Waals surface area contributed by atoms with Gasteiger partial charge in [-0.15, -0.1) is 11.3 Å². The number of hydrogen-bond acceptors (Lipinski definition) is 4. The smallest absolute Gasteiger partial charge is 0.282 e. The summed E-state index contributed by atoms with van der Waals surface area (Å²) >= 11 is 1.76. The fraction of sp³-hybridized carbons (Fsp3) is 0.136. The number of benzene rings is 1. The van der Waals surface area contributed by atoms with Gasteiger partial charge in [-0.1, -0.05) is 24.3 Å². The van der Waals surface area contributed by atoms with E-state index < -0.39 is 0 Å². The summed E-state index contributed by atoms with van der Waals surface area (Å²) in [6, 6.07) is 12.2. The molecule has 0 unspecified atom stereocenters. The molecule has 4 nitrogen and oxygen atoms in total. The van der Waals surface area contributed by atoms with E-state index in [1.54, 1.807) is 23.7 Å². The number of nitrogens with zero attached hydrogens (tertiary/aromatic N) is 3. The molecule has 1 aliphatic rings. The van der Waals surface area contributed by atoms with Gasteiger partial charge in [-0.3, -0.25) is 14.2 Å². The van der Waals surface area contributed by atoms with E-state index in [1.807, 2.05) is 30.3 Å². The van der Waals surface area contributed by atoms with Crippen LogP contribution >= 0.6 is 11.3 Å². The quantitative estimate of drug-likeness (QED) is 0.454. The highest BCUT2D eigenvalue weighted by Gasteiger charge is 2.23. The Balaban J connectivity index is 1.89. The van der Waals surface area contributed by atoms with E-state index in [2.05, 4.69) is 26.5 Å². The lowest BCUT2D eigenvalue weighted by Gasteiger charge is -1.99. The molecule has 5 heteroatoms. The zero-order valence-corrected chi connectivity index (χ0v) is 15.3. The molecule has 27 heavy (non-hydrogen) atoms. The van der Waals surface area contributed by atoms with Gasteiger partial charge >= 0.3 is 0 Å². The van der Waals surface area contributed by atoms with Crippen LogP contribution in [0.5, 0.6) is 0 Å². The first kappa shape index (κ1) is 15.1. The maximum Gasteiger partial charge on any atom is 0.282 e. The summed E-state index contributed by atoms with van der Waals surface area (Å²) in [5.41, 5.74) is 2.97. The lowest BCUT2D eigenvalue weighted by atomic mass is 10.2. The standard InChI is InChI=1S/C22H15N3OS/c26-21-19-16-6-3-7-18(16)27-22(19)25-17(12-13-8-10-23-11-9-13)14-4-1-2-5-15(14)20(25)24-21/h1-2,4-5,8-12H,3,6-7H2. The van der Waals surface area contributed by atoms with E-state index in [4.69, 9.17) is 0 Å². The van der Waals surface area contributed by atoms with Crippen molar-refractivity contribution in [2.45, 2.75) is 19.3 Å². The average molecular weight is 369 g/mol. The normalized spacial score (nSPS) is 14.6. The minimum Gasteiger partial charge on any atom is -0.284 e. The van der Waals surface area contributed by atoms with Crippen LogP contribution in [0, 0.1) is 0 Å². The van der Waals surface area contributed by atoms with E-state index in [1.165, 1.54) is 10.4 Å². The van der Waals surface area contributed by atoms with Crippen LogP contribution in [0.2, 0.25) is 0 Å². The Labute approximate surface area is 158 Å². The van der Waals surface area contributed by atoms with Gasteiger partial charge in [0.25, 0.3) is 5.56 Å². The van der Waals surface area contributed by atoms with Gasteiger partial charge in [-0.2, -0.15) is 4.98 Å². The molecule has 4 aromatic heterocycles. The van der Waals surface area contributed by atoms with Crippen LogP contribution in [-0.2, 0) is 12.8 Å². The lowest BCUT2D eigenvalue weighted by molar-refractivity contribution is 0.916. The number of hydrogen-bond donors (Lipinski definition) is 0. The number of fused-ring (bicyclic) bond motifs is 7. The summed E-state index contributed by atoms with van der Waals surface area (Å²) in [6.07, 6.45) is 8.95. The Morgan fingerprint density at radius 1 is 1.04 bits per heavy atom. The molecule has 0 bridgehead atoms. The van der Waals surface area contributed by atoms with E-state index in [9.17, 15) is 4.79 Å².